The Morgan fingerprint density at radius 1 is 0.862 bits per heavy atom. The van der Waals surface area contributed by atoms with Gasteiger partial charge in [0.05, 0.1) is 18.8 Å². The molecule has 1 rings (SSSR count). The second kappa shape index (κ2) is 17.5. The van der Waals surface area contributed by atoms with Crippen LogP contribution in [0.25, 0.3) is 0 Å². The van der Waals surface area contributed by atoms with Crippen molar-refractivity contribution < 1.29 is 19.7 Å². The van der Waals surface area contributed by atoms with Crippen LogP contribution in [0.2, 0.25) is 0 Å². The fraction of sp³-hybridized carbons (Fsp3) is 0.720. The first-order valence-electron chi connectivity index (χ1n) is 11.7. The quantitative estimate of drug-likeness (QED) is 0.257. The highest BCUT2D eigenvalue weighted by Gasteiger charge is 2.12. The fourth-order valence-electron chi connectivity index (χ4n) is 3.64. The van der Waals surface area contributed by atoms with Crippen molar-refractivity contribution in [3.05, 3.63) is 35.9 Å². The normalized spacial score (nSPS) is 13.3. The largest absolute Gasteiger partial charge is 0.481 e. The number of ether oxygens (including phenoxy) is 1. The zero-order valence-electron chi connectivity index (χ0n) is 18.4. The predicted molar refractivity (Wildman–Crippen MR) is 119 cm³/mol. The molecule has 0 aromatic heterocycles. The topological polar surface area (TPSA) is 66.8 Å². The average Bonchev–Trinajstić information content (AvgIpc) is 2.71. The number of hydrogen-bond acceptors (Lipinski definition) is 3. The molecule has 1 aromatic rings. The van der Waals surface area contributed by atoms with Crippen LogP contribution in [0.3, 0.4) is 0 Å². The van der Waals surface area contributed by atoms with E-state index >= 15 is 0 Å². The Labute approximate surface area is 177 Å². The Morgan fingerprint density at radius 3 is 2.17 bits per heavy atom. The van der Waals surface area contributed by atoms with Crippen LogP contribution in [0.1, 0.15) is 102 Å². The number of rotatable bonds is 19. The van der Waals surface area contributed by atoms with E-state index in [1.165, 1.54) is 38.5 Å². The van der Waals surface area contributed by atoms with Gasteiger partial charge >= 0.3 is 5.97 Å². The maximum Gasteiger partial charge on any atom is 0.303 e. The van der Waals surface area contributed by atoms with Gasteiger partial charge in [0.1, 0.15) is 0 Å². The van der Waals surface area contributed by atoms with E-state index < -0.39 is 5.97 Å². The SMILES string of the molecule is CCCCCCCCCC(O)CCCC(CCCC(=O)O)OCc1ccccc1. The van der Waals surface area contributed by atoms with Gasteiger partial charge in [-0.15, -0.1) is 0 Å². The van der Waals surface area contributed by atoms with Gasteiger partial charge in [0.2, 0.25) is 0 Å². The van der Waals surface area contributed by atoms with Crippen molar-refractivity contribution in [2.75, 3.05) is 0 Å². The molecule has 0 heterocycles. The minimum absolute atomic E-state index is 0.0559. The minimum atomic E-state index is -0.753. The number of carbonyl (C=O) groups is 1. The van der Waals surface area contributed by atoms with Gasteiger partial charge in [0, 0.05) is 6.42 Å². The molecule has 2 atom stereocenters. The van der Waals surface area contributed by atoms with Crippen molar-refractivity contribution >= 4 is 5.97 Å². The van der Waals surface area contributed by atoms with Crippen molar-refractivity contribution in [3.8, 4) is 0 Å². The van der Waals surface area contributed by atoms with Crippen LogP contribution in [-0.4, -0.2) is 28.4 Å². The molecule has 4 nitrogen and oxygen atoms in total. The zero-order valence-corrected chi connectivity index (χ0v) is 18.4. The Balaban J connectivity index is 2.20. The van der Waals surface area contributed by atoms with Crippen LogP contribution >= 0.6 is 0 Å². The van der Waals surface area contributed by atoms with Gasteiger partial charge in [0.15, 0.2) is 0 Å². The van der Waals surface area contributed by atoms with Gasteiger partial charge in [-0.3, -0.25) is 4.79 Å². The Hall–Kier alpha value is -1.39. The number of carboxylic acid groups (broad SMARTS) is 1. The van der Waals surface area contributed by atoms with Gasteiger partial charge in [0.25, 0.3) is 0 Å². The maximum atomic E-state index is 10.8. The molecule has 0 aliphatic rings. The second-order valence-electron chi connectivity index (χ2n) is 8.20. The highest BCUT2D eigenvalue weighted by molar-refractivity contribution is 5.66. The molecular weight excluding hydrogens is 364 g/mol. The van der Waals surface area contributed by atoms with E-state index in [9.17, 15) is 9.90 Å². The first-order valence-corrected chi connectivity index (χ1v) is 11.7. The first-order chi connectivity index (χ1) is 14.1. The summed E-state index contributed by atoms with van der Waals surface area (Å²) in [5.41, 5.74) is 1.13. The molecular formula is C25H42O4. The number of unbranched alkanes of at least 4 members (excludes halogenated alkanes) is 6. The van der Waals surface area contributed by atoms with Crippen molar-refractivity contribution in [2.45, 2.75) is 116 Å². The van der Waals surface area contributed by atoms with Crippen LogP contribution in [0.15, 0.2) is 30.3 Å². The molecule has 0 fully saturated rings. The Morgan fingerprint density at radius 2 is 1.48 bits per heavy atom. The molecule has 4 heteroatoms. The molecule has 0 aliphatic carbocycles. The van der Waals surface area contributed by atoms with E-state index in [2.05, 4.69) is 6.92 Å². The molecule has 0 radical (unpaired) electrons. The van der Waals surface area contributed by atoms with E-state index in [0.717, 1.165) is 44.1 Å². The summed E-state index contributed by atoms with van der Waals surface area (Å²) in [7, 11) is 0. The fourth-order valence-corrected chi connectivity index (χ4v) is 3.64. The number of benzene rings is 1. The van der Waals surface area contributed by atoms with Gasteiger partial charge in [-0.05, 0) is 44.1 Å². The summed E-state index contributed by atoms with van der Waals surface area (Å²) >= 11 is 0. The van der Waals surface area contributed by atoms with Crippen molar-refractivity contribution in [2.24, 2.45) is 0 Å². The number of aliphatic hydroxyl groups is 1. The number of aliphatic carboxylic acids is 1. The van der Waals surface area contributed by atoms with E-state index in [4.69, 9.17) is 9.84 Å². The summed E-state index contributed by atoms with van der Waals surface area (Å²) in [5.74, 6) is -0.753. The lowest BCUT2D eigenvalue weighted by molar-refractivity contribution is -0.137. The highest BCUT2D eigenvalue weighted by Crippen LogP contribution is 2.18. The molecule has 0 saturated heterocycles. The molecule has 1 aromatic carbocycles. The van der Waals surface area contributed by atoms with E-state index in [-0.39, 0.29) is 18.6 Å². The zero-order chi connectivity index (χ0) is 21.2. The summed E-state index contributed by atoms with van der Waals surface area (Å²) < 4.78 is 6.06. The molecule has 2 unspecified atom stereocenters. The lowest BCUT2D eigenvalue weighted by atomic mass is 10.0. The molecule has 0 amide bonds. The monoisotopic (exact) mass is 406 g/mol. The number of carboxylic acids is 1. The van der Waals surface area contributed by atoms with Crippen LogP contribution in [0.4, 0.5) is 0 Å². The lowest BCUT2D eigenvalue weighted by Crippen LogP contribution is -2.15. The molecule has 29 heavy (non-hydrogen) atoms. The summed E-state index contributed by atoms with van der Waals surface area (Å²) in [6.45, 7) is 2.79. The predicted octanol–water partition coefficient (Wildman–Crippen LogP) is 6.50. The third-order valence-corrected chi connectivity index (χ3v) is 5.45. The van der Waals surface area contributed by atoms with E-state index in [1.807, 2.05) is 30.3 Å². The van der Waals surface area contributed by atoms with Gasteiger partial charge in [-0.25, -0.2) is 0 Å². The van der Waals surface area contributed by atoms with Gasteiger partial charge < -0.3 is 14.9 Å². The third-order valence-electron chi connectivity index (χ3n) is 5.45. The van der Waals surface area contributed by atoms with Crippen molar-refractivity contribution in [1.82, 2.24) is 0 Å². The van der Waals surface area contributed by atoms with Gasteiger partial charge in [-0.1, -0.05) is 82.2 Å². The van der Waals surface area contributed by atoms with Crippen LogP contribution in [-0.2, 0) is 16.1 Å². The molecule has 0 bridgehead atoms. The van der Waals surface area contributed by atoms with Crippen LogP contribution in [0.5, 0.6) is 0 Å². The van der Waals surface area contributed by atoms with E-state index in [0.29, 0.717) is 13.0 Å². The second-order valence-corrected chi connectivity index (χ2v) is 8.20. The highest BCUT2D eigenvalue weighted by atomic mass is 16.5. The third kappa shape index (κ3) is 15.2. The minimum Gasteiger partial charge on any atom is -0.481 e. The van der Waals surface area contributed by atoms with Crippen LogP contribution in [0, 0.1) is 0 Å². The van der Waals surface area contributed by atoms with Crippen molar-refractivity contribution in [1.29, 1.82) is 0 Å². The smallest absolute Gasteiger partial charge is 0.303 e. The molecule has 0 aliphatic heterocycles. The molecule has 0 spiro atoms. The first kappa shape index (κ1) is 25.6. The standard InChI is InChI=1S/C25H42O4/c1-2-3-4-5-6-7-11-16-23(26)17-12-18-24(19-13-20-25(27)28)29-21-22-14-9-8-10-15-22/h8-10,14-15,23-24,26H,2-7,11-13,16-21H2,1H3,(H,27,28). The Kier molecular flexibility index (Phi) is 15.4. The van der Waals surface area contributed by atoms with Gasteiger partial charge in [-0.2, -0.15) is 0 Å². The average molecular weight is 407 g/mol. The summed E-state index contributed by atoms with van der Waals surface area (Å²) in [6.07, 6.45) is 13.8. The molecule has 2 N–H and O–H groups in total. The maximum absolute atomic E-state index is 10.8. The molecule has 166 valence electrons. The van der Waals surface area contributed by atoms with Crippen molar-refractivity contribution in [3.63, 3.8) is 0 Å². The summed E-state index contributed by atoms with van der Waals surface area (Å²) in [4.78, 5) is 10.8. The molecule has 0 saturated carbocycles. The Bertz CT molecular complexity index is 503. The van der Waals surface area contributed by atoms with Crippen LogP contribution < -0.4 is 0 Å². The summed E-state index contributed by atoms with van der Waals surface area (Å²) in [6, 6.07) is 10.1. The van der Waals surface area contributed by atoms with E-state index in [1.54, 1.807) is 0 Å². The number of aliphatic hydroxyl groups excluding tert-OH is 1. The lowest BCUT2D eigenvalue weighted by Gasteiger charge is -2.19. The summed E-state index contributed by atoms with van der Waals surface area (Å²) in [5, 5.41) is 19.1. The number of hydrogen-bond donors (Lipinski definition) is 2.